The smallest absolute Gasteiger partial charge is 0.0694 e. The number of aliphatic hydroxyl groups is 2. The first-order valence-electron chi connectivity index (χ1n) is 14.7. The van der Waals surface area contributed by atoms with E-state index in [1.807, 2.05) is 0 Å². The topological polar surface area (TPSA) is 97.8 Å². The van der Waals surface area contributed by atoms with Crippen LogP contribution in [0.2, 0.25) is 0 Å². The molecule has 6 heteroatoms. The molecular weight excluding hydrogens is 496 g/mol. The van der Waals surface area contributed by atoms with Crippen molar-refractivity contribution in [1.29, 1.82) is 0 Å². The van der Waals surface area contributed by atoms with Crippen molar-refractivity contribution in [2.24, 2.45) is 0 Å². The molecule has 2 aliphatic rings. The summed E-state index contributed by atoms with van der Waals surface area (Å²) < 4.78 is 0. The molecular formula is C34H42N4O2. The molecule has 0 spiro atoms. The molecule has 0 unspecified atom stereocenters. The van der Waals surface area contributed by atoms with Crippen LogP contribution in [0, 0.1) is 13.8 Å². The van der Waals surface area contributed by atoms with Gasteiger partial charge in [-0.05, 0) is 135 Å². The second-order valence-corrected chi connectivity index (χ2v) is 11.0. The molecule has 210 valence electrons. The summed E-state index contributed by atoms with van der Waals surface area (Å²) in [7, 11) is 0. The Hall–Kier alpha value is -3.48. The van der Waals surface area contributed by atoms with E-state index in [0.29, 0.717) is 6.42 Å². The van der Waals surface area contributed by atoms with E-state index in [1.165, 1.54) is 39.0 Å². The molecule has 0 atom stereocenters. The quantitative estimate of drug-likeness (QED) is 0.239. The number of aromatic amines is 2. The van der Waals surface area contributed by atoms with E-state index in [9.17, 15) is 10.2 Å². The van der Waals surface area contributed by atoms with Crippen molar-refractivity contribution in [2.75, 3.05) is 13.2 Å². The summed E-state index contributed by atoms with van der Waals surface area (Å²) in [5.74, 6) is 0. The van der Waals surface area contributed by atoms with Crippen molar-refractivity contribution in [2.45, 2.75) is 80.1 Å². The highest BCUT2D eigenvalue weighted by Gasteiger charge is 2.21. The standard InChI is InChI=1S/C34H42N4O2/c1-7-23-19(3)27-17-33-26(12-10-14-40)22(6)30(38-33)16-32-24(8-2)20(4)28(36-32)18-34-25(11-9-13-39)21(5)29(37-34)15-31(23)35-27/h15-18,35,38-40H,7-14H2,1-6H3. The second kappa shape index (κ2) is 11.6. The molecule has 3 aromatic heterocycles. The first-order valence-corrected chi connectivity index (χ1v) is 14.7. The zero-order chi connectivity index (χ0) is 28.6. The number of aliphatic hydroxyl groups excluding tert-OH is 2. The second-order valence-electron chi connectivity index (χ2n) is 11.0. The molecule has 0 aromatic carbocycles. The molecule has 0 saturated heterocycles. The van der Waals surface area contributed by atoms with Crippen LogP contribution in [0.1, 0.15) is 98.4 Å². The average Bonchev–Trinajstić information content (AvgIpc) is 3.59. The summed E-state index contributed by atoms with van der Waals surface area (Å²) in [4.78, 5) is 17.7. The molecule has 0 fully saturated rings. The van der Waals surface area contributed by atoms with Crippen LogP contribution in [-0.4, -0.2) is 43.4 Å². The van der Waals surface area contributed by atoms with E-state index in [0.717, 1.165) is 82.5 Å². The summed E-state index contributed by atoms with van der Waals surface area (Å²) in [5, 5.41) is 19.2. The largest absolute Gasteiger partial charge is 0.396 e. The van der Waals surface area contributed by atoms with Crippen LogP contribution in [0.3, 0.4) is 0 Å². The Bertz CT molecular complexity index is 1680. The van der Waals surface area contributed by atoms with E-state index in [4.69, 9.17) is 9.97 Å². The number of H-pyrrole nitrogens is 2. The summed E-state index contributed by atoms with van der Waals surface area (Å²) >= 11 is 0. The predicted octanol–water partition coefficient (Wildman–Crippen LogP) is 7.46. The van der Waals surface area contributed by atoms with Gasteiger partial charge in [0.25, 0.3) is 0 Å². The number of fused-ring (bicyclic) bond motifs is 8. The fourth-order valence-corrected chi connectivity index (χ4v) is 6.27. The third-order valence-corrected chi connectivity index (χ3v) is 8.68. The maximum Gasteiger partial charge on any atom is 0.0694 e. The van der Waals surface area contributed by atoms with Crippen LogP contribution < -0.4 is 0 Å². The van der Waals surface area contributed by atoms with E-state index in [1.54, 1.807) is 0 Å². The average molecular weight is 539 g/mol. The third kappa shape index (κ3) is 4.95. The number of allylic oxidation sites excluding steroid dienone is 4. The molecule has 0 amide bonds. The van der Waals surface area contributed by atoms with Crippen molar-refractivity contribution in [3.05, 3.63) is 69.3 Å². The van der Waals surface area contributed by atoms with Crippen LogP contribution in [0.4, 0.5) is 0 Å². The minimum absolute atomic E-state index is 0.155. The van der Waals surface area contributed by atoms with Crippen molar-refractivity contribution >= 4 is 44.4 Å². The van der Waals surface area contributed by atoms with Crippen LogP contribution in [-0.2, 0) is 12.8 Å². The van der Waals surface area contributed by atoms with Gasteiger partial charge in [-0.15, -0.1) is 0 Å². The monoisotopic (exact) mass is 538 g/mol. The molecule has 3 aromatic rings. The maximum atomic E-state index is 9.61. The molecule has 0 saturated carbocycles. The lowest BCUT2D eigenvalue weighted by atomic mass is 9.99. The molecule has 5 rings (SSSR count). The number of hydrogen-bond acceptors (Lipinski definition) is 4. The minimum Gasteiger partial charge on any atom is -0.396 e. The Kier molecular flexibility index (Phi) is 8.11. The highest BCUT2D eigenvalue weighted by molar-refractivity contribution is 5.95. The van der Waals surface area contributed by atoms with Crippen molar-refractivity contribution in [3.63, 3.8) is 0 Å². The number of hydrogen-bond donors (Lipinski definition) is 4. The van der Waals surface area contributed by atoms with Crippen LogP contribution >= 0.6 is 0 Å². The minimum atomic E-state index is 0.155. The van der Waals surface area contributed by atoms with Gasteiger partial charge in [0.15, 0.2) is 0 Å². The summed E-state index contributed by atoms with van der Waals surface area (Å²) in [6.07, 6.45) is 4.81. The number of nitrogens with zero attached hydrogens (tertiary/aromatic N) is 2. The lowest BCUT2D eigenvalue weighted by Gasteiger charge is -2.03. The van der Waals surface area contributed by atoms with Gasteiger partial charge in [0.05, 0.1) is 22.8 Å². The SMILES string of the molecule is CCC1=C(C)c2cc3nc(cc4[nH]c(cc5[nH]c(cc1n2)c(C)c5CCCO)c(C)c4CC)C(C)=C3CCCO. The van der Waals surface area contributed by atoms with E-state index in [2.05, 4.69) is 75.8 Å². The zero-order valence-corrected chi connectivity index (χ0v) is 24.8. The Labute approximate surface area is 237 Å². The van der Waals surface area contributed by atoms with Crippen molar-refractivity contribution < 1.29 is 10.2 Å². The van der Waals surface area contributed by atoms with Gasteiger partial charge in [0, 0.05) is 35.3 Å². The van der Waals surface area contributed by atoms with E-state index >= 15 is 0 Å². The Morgan fingerprint density at radius 1 is 0.575 bits per heavy atom. The predicted molar refractivity (Wildman–Crippen MR) is 167 cm³/mol. The molecule has 2 aliphatic heterocycles. The first-order chi connectivity index (χ1) is 19.3. The molecule has 40 heavy (non-hydrogen) atoms. The van der Waals surface area contributed by atoms with Gasteiger partial charge >= 0.3 is 0 Å². The number of aryl methyl sites for hydroxylation is 4. The van der Waals surface area contributed by atoms with Crippen LogP contribution in [0.25, 0.3) is 44.4 Å². The van der Waals surface area contributed by atoms with Gasteiger partial charge in [-0.2, -0.15) is 0 Å². The number of nitrogens with one attached hydrogen (secondary N) is 2. The van der Waals surface area contributed by atoms with Crippen molar-refractivity contribution in [3.8, 4) is 0 Å². The Morgan fingerprint density at radius 2 is 1.10 bits per heavy atom. The molecule has 4 N–H and O–H groups in total. The Balaban J connectivity index is 1.93. The highest BCUT2D eigenvalue weighted by Crippen LogP contribution is 2.37. The van der Waals surface area contributed by atoms with Gasteiger partial charge in [-0.1, -0.05) is 13.8 Å². The van der Waals surface area contributed by atoms with Crippen LogP contribution in [0.15, 0.2) is 24.3 Å². The van der Waals surface area contributed by atoms with Gasteiger partial charge in [0.1, 0.15) is 0 Å². The lowest BCUT2D eigenvalue weighted by molar-refractivity contribution is 0.288. The van der Waals surface area contributed by atoms with E-state index < -0.39 is 0 Å². The van der Waals surface area contributed by atoms with Gasteiger partial charge in [-0.25, -0.2) is 9.97 Å². The van der Waals surface area contributed by atoms with Crippen LogP contribution in [0.5, 0.6) is 0 Å². The normalized spacial score (nSPS) is 13.6. The fraction of sp³-hybridized carbons (Fsp3) is 0.412. The summed E-state index contributed by atoms with van der Waals surface area (Å²) in [6, 6.07) is 8.73. The Morgan fingerprint density at radius 3 is 1.75 bits per heavy atom. The molecule has 8 bridgehead atoms. The van der Waals surface area contributed by atoms with E-state index in [-0.39, 0.29) is 13.2 Å². The third-order valence-electron chi connectivity index (χ3n) is 8.68. The molecule has 0 aliphatic carbocycles. The fourth-order valence-electron chi connectivity index (χ4n) is 6.27. The summed E-state index contributed by atoms with van der Waals surface area (Å²) in [5.41, 5.74) is 17.9. The van der Waals surface area contributed by atoms with Gasteiger partial charge in [-0.3, -0.25) is 0 Å². The van der Waals surface area contributed by atoms with Gasteiger partial charge in [0.2, 0.25) is 0 Å². The molecule has 5 heterocycles. The highest BCUT2D eigenvalue weighted by atomic mass is 16.3. The summed E-state index contributed by atoms with van der Waals surface area (Å²) in [6.45, 7) is 13.4. The molecule has 6 nitrogen and oxygen atoms in total. The maximum absolute atomic E-state index is 9.61. The number of aromatic nitrogens is 4. The zero-order valence-electron chi connectivity index (χ0n) is 24.8. The lowest BCUT2D eigenvalue weighted by Crippen LogP contribution is -1.90. The molecule has 0 radical (unpaired) electrons. The number of rotatable bonds is 8. The first kappa shape index (κ1) is 28.1. The van der Waals surface area contributed by atoms with Gasteiger partial charge < -0.3 is 20.2 Å². The van der Waals surface area contributed by atoms with Crippen molar-refractivity contribution in [1.82, 2.24) is 19.9 Å².